The molecule has 1 unspecified atom stereocenters. The van der Waals surface area contributed by atoms with Crippen molar-refractivity contribution in [2.75, 3.05) is 45.1 Å². The first-order valence-electron chi connectivity index (χ1n) is 9.87. The molecule has 1 heterocycles. The first-order chi connectivity index (χ1) is 14.3. The van der Waals surface area contributed by atoms with Gasteiger partial charge in [-0.05, 0) is 49.4 Å². The highest BCUT2D eigenvalue weighted by molar-refractivity contribution is 6.40. The molecule has 1 aliphatic heterocycles. The van der Waals surface area contributed by atoms with Crippen LogP contribution in [0.2, 0.25) is 5.02 Å². The lowest BCUT2D eigenvalue weighted by Gasteiger charge is -2.38. The Hall–Kier alpha value is -2.48. The molecule has 8 heteroatoms. The van der Waals surface area contributed by atoms with Gasteiger partial charge in [0, 0.05) is 43.4 Å². The summed E-state index contributed by atoms with van der Waals surface area (Å²) >= 11 is 5.97. The first-order valence-corrected chi connectivity index (χ1v) is 10.2. The number of piperazine rings is 1. The first kappa shape index (κ1) is 22.2. The van der Waals surface area contributed by atoms with Gasteiger partial charge in [0.2, 0.25) is 0 Å². The number of aryl methyl sites for hydroxylation is 1. The summed E-state index contributed by atoms with van der Waals surface area (Å²) in [6.07, 6.45) is 0. The minimum absolute atomic E-state index is 0.149. The van der Waals surface area contributed by atoms with Gasteiger partial charge in [0.1, 0.15) is 5.82 Å². The minimum Gasteiger partial charge on any atom is -0.346 e. The van der Waals surface area contributed by atoms with Crippen LogP contribution in [0.25, 0.3) is 0 Å². The molecule has 3 rings (SSSR count). The standard InChI is InChI=1S/C22H26ClFN4O2/c1-15-3-6-17(23)13-19(15)26-22(30)21(29)25-14-20(16-4-7-18(24)8-5-16)28-11-9-27(2)10-12-28/h3-8,13,20H,9-12,14H2,1-2H3,(H,25,29)(H,26,30). The molecular weight excluding hydrogens is 407 g/mol. The van der Waals surface area contributed by atoms with E-state index in [0.29, 0.717) is 10.7 Å². The Bertz CT molecular complexity index is 899. The van der Waals surface area contributed by atoms with Crippen LogP contribution in [0.15, 0.2) is 42.5 Å². The van der Waals surface area contributed by atoms with Crippen LogP contribution in [0.1, 0.15) is 17.2 Å². The molecule has 0 aromatic heterocycles. The van der Waals surface area contributed by atoms with Crippen molar-refractivity contribution in [1.29, 1.82) is 0 Å². The molecule has 2 amide bonds. The quantitative estimate of drug-likeness (QED) is 0.713. The molecule has 1 aliphatic rings. The normalized spacial score (nSPS) is 16.1. The molecule has 2 aromatic carbocycles. The molecule has 2 N–H and O–H groups in total. The zero-order chi connectivity index (χ0) is 21.7. The van der Waals surface area contributed by atoms with E-state index < -0.39 is 11.8 Å². The molecule has 0 aliphatic carbocycles. The summed E-state index contributed by atoms with van der Waals surface area (Å²) in [4.78, 5) is 29.3. The Kier molecular flexibility index (Phi) is 7.42. The summed E-state index contributed by atoms with van der Waals surface area (Å²) in [5, 5.41) is 5.80. The third-order valence-electron chi connectivity index (χ3n) is 5.34. The highest BCUT2D eigenvalue weighted by Gasteiger charge is 2.25. The topological polar surface area (TPSA) is 64.7 Å². The second-order valence-electron chi connectivity index (χ2n) is 7.53. The van der Waals surface area contributed by atoms with Crippen molar-refractivity contribution in [3.63, 3.8) is 0 Å². The Labute approximate surface area is 181 Å². The molecule has 0 spiro atoms. The van der Waals surface area contributed by atoms with Crippen molar-refractivity contribution in [3.8, 4) is 0 Å². The number of nitrogens with one attached hydrogen (secondary N) is 2. The smallest absolute Gasteiger partial charge is 0.313 e. The van der Waals surface area contributed by atoms with Crippen LogP contribution in [0.5, 0.6) is 0 Å². The van der Waals surface area contributed by atoms with E-state index in [0.717, 1.165) is 37.3 Å². The van der Waals surface area contributed by atoms with E-state index in [9.17, 15) is 14.0 Å². The van der Waals surface area contributed by atoms with Crippen LogP contribution in [0, 0.1) is 12.7 Å². The van der Waals surface area contributed by atoms with Crippen molar-refractivity contribution in [2.45, 2.75) is 13.0 Å². The highest BCUT2D eigenvalue weighted by Crippen LogP contribution is 2.22. The Morgan fingerprint density at radius 3 is 2.40 bits per heavy atom. The third-order valence-corrected chi connectivity index (χ3v) is 5.58. The van der Waals surface area contributed by atoms with Crippen LogP contribution in [0.3, 0.4) is 0 Å². The number of rotatable bonds is 5. The van der Waals surface area contributed by atoms with Gasteiger partial charge < -0.3 is 15.5 Å². The van der Waals surface area contributed by atoms with Crippen LogP contribution in [0.4, 0.5) is 10.1 Å². The van der Waals surface area contributed by atoms with Gasteiger partial charge in [0.15, 0.2) is 0 Å². The van der Waals surface area contributed by atoms with Gasteiger partial charge in [-0.25, -0.2) is 4.39 Å². The highest BCUT2D eigenvalue weighted by atomic mass is 35.5. The fourth-order valence-corrected chi connectivity index (χ4v) is 3.63. The second-order valence-corrected chi connectivity index (χ2v) is 7.97. The lowest BCUT2D eigenvalue weighted by atomic mass is 10.0. The summed E-state index contributed by atoms with van der Waals surface area (Å²) in [5.74, 6) is -1.79. The number of hydrogen-bond acceptors (Lipinski definition) is 4. The monoisotopic (exact) mass is 432 g/mol. The fraction of sp³-hybridized carbons (Fsp3) is 0.364. The molecule has 1 fully saturated rings. The maximum atomic E-state index is 13.4. The predicted molar refractivity (Wildman–Crippen MR) is 116 cm³/mol. The molecule has 2 aromatic rings. The molecular formula is C22H26ClFN4O2. The van der Waals surface area contributed by atoms with Gasteiger partial charge in [-0.3, -0.25) is 14.5 Å². The molecule has 0 saturated carbocycles. The zero-order valence-electron chi connectivity index (χ0n) is 17.1. The van der Waals surface area contributed by atoms with E-state index in [1.165, 1.54) is 12.1 Å². The SMILES string of the molecule is Cc1ccc(Cl)cc1NC(=O)C(=O)NCC(c1ccc(F)cc1)N1CCN(C)CC1. The van der Waals surface area contributed by atoms with E-state index in [1.54, 1.807) is 30.3 Å². The number of amides is 2. The van der Waals surface area contributed by atoms with Crippen LogP contribution >= 0.6 is 11.6 Å². The third kappa shape index (κ3) is 5.78. The fourth-order valence-electron chi connectivity index (χ4n) is 3.45. The number of benzene rings is 2. The number of likely N-dealkylation sites (N-methyl/N-ethyl adjacent to an activating group) is 1. The summed E-state index contributed by atoms with van der Waals surface area (Å²) < 4.78 is 13.4. The maximum absolute atomic E-state index is 13.4. The number of carbonyl (C=O) groups is 2. The molecule has 0 bridgehead atoms. The van der Waals surface area contributed by atoms with Crippen molar-refractivity contribution < 1.29 is 14.0 Å². The average molecular weight is 433 g/mol. The summed E-state index contributed by atoms with van der Waals surface area (Å²) in [6, 6.07) is 11.2. The lowest BCUT2D eigenvalue weighted by molar-refractivity contribution is -0.136. The molecule has 1 saturated heterocycles. The second kappa shape index (κ2) is 10.0. The predicted octanol–water partition coefficient (Wildman–Crippen LogP) is 2.83. The average Bonchev–Trinajstić information content (AvgIpc) is 2.73. The van der Waals surface area contributed by atoms with Gasteiger partial charge >= 0.3 is 11.8 Å². The number of anilines is 1. The Morgan fingerprint density at radius 1 is 1.07 bits per heavy atom. The van der Waals surface area contributed by atoms with Gasteiger partial charge in [-0.15, -0.1) is 0 Å². The number of nitrogens with zero attached hydrogens (tertiary/aromatic N) is 2. The van der Waals surface area contributed by atoms with E-state index >= 15 is 0 Å². The van der Waals surface area contributed by atoms with E-state index in [2.05, 4.69) is 27.5 Å². The molecule has 6 nitrogen and oxygen atoms in total. The molecule has 1 atom stereocenters. The van der Waals surface area contributed by atoms with Crippen molar-refractivity contribution >= 4 is 29.1 Å². The van der Waals surface area contributed by atoms with E-state index in [-0.39, 0.29) is 18.4 Å². The van der Waals surface area contributed by atoms with Gasteiger partial charge in [0.25, 0.3) is 0 Å². The summed E-state index contributed by atoms with van der Waals surface area (Å²) in [6.45, 7) is 5.52. The number of halogens is 2. The van der Waals surface area contributed by atoms with Crippen LogP contribution < -0.4 is 10.6 Å². The number of carbonyl (C=O) groups excluding carboxylic acids is 2. The summed E-state index contributed by atoms with van der Waals surface area (Å²) in [7, 11) is 2.06. The largest absolute Gasteiger partial charge is 0.346 e. The van der Waals surface area contributed by atoms with Crippen molar-refractivity contribution in [3.05, 3.63) is 64.4 Å². The lowest BCUT2D eigenvalue weighted by Crippen LogP contribution is -2.49. The van der Waals surface area contributed by atoms with Crippen LogP contribution in [-0.4, -0.2) is 61.4 Å². The zero-order valence-corrected chi connectivity index (χ0v) is 17.9. The summed E-state index contributed by atoms with van der Waals surface area (Å²) in [5.41, 5.74) is 2.20. The van der Waals surface area contributed by atoms with Crippen LogP contribution in [-0.2, 0) is 9.59 Å². The Balaban J connectivity index is 1.66. The van der Waals surface area contributed by atoms with Crippen molar-refractivity contribution in [1.82, 2.24) is 15.1 Å². The van der Waals surface area contributed by atoms with Crippen molar-refractivity contribution in [2.24, 2.45) is 0 Å². The maximum Gasteiger partial charge on any atom is 0.313 e. The number of hydrogen-bond donors (Lipinski definition) is 2. The van der Waals surface area contributed by atoms with E-state index in [4.69, 9.17) is 11.6 Å². The van der Waals surface area contributed by atoms with Gasteiger partial charge in [-0.1, -0.05) is 29.8 Å². The molecule has 160 valence electrons. The molecule has 0 radical (unpaired) electrons. The Morgan fingerprint density at radius 2 is 1.73 bits per heavy atom. The minimum atomic E-state index is -0.753. The molecule has 30 heavy (non-hydrogen) atoms. The van der Waals surface area contributed by atoms with Gasteiger partial charge in [-0.2, -0.15) is 0 Å². The van der Waals surface area contributed by atoms with E-state index in [1.807, 2.05) is 6.92 Å². The van der Waals surface area contributed by atoms with Gasteiger partial charge in [0.05, 0.1) is 6.04 Å².